The Morgan fingerprint density at radius 2 is 2.00 bits per heavy atom. The average molecular weight is 333 g/mol. The first-order valence-corrected chi connectivity index (χ1v) is 9.07. The van der Waals surface area contributed by atoms with Gasteiger partial charge in [-0.3, -0.25) is 4.79 Å². The van der Waals surface area contributed by atoms with E-state index < -0.39 is 10.0 Å². The van der Waals surface area contributed by atoms with E-state index in [4.69, 9.17) is 5.73 Å². The van der Waals surface area contributed by atoms with Gasteiger partial charge in [-0.05, 0) is 12.8 Å². The number of sulfonamides is 1. The molecule has 0 saturated heterocycles. The summed E-state index contributed by atoms with van der Waals surface area (Å²) < 4.78 is 27.0. The van der Waals surface area contributed by atoms with Crippen molar-refractivity contribution in [3.63, 3.8) is 0 Å². The minimum atomic E-state index is -3.76. The number of nitrogens with two attached hydrogens (primary N) is 1. The fourth-order valence-corrected chi connectivity index (χ4v) is 4.54. The zero-order valence-corrected chi connectivity index (χ0v) is 13.3. The van der Waals surface area contributed by atoms with Crippen LogP contribution in [0.15, 0.2) is 4.34 Å². The van der Waals surface area contributed by atoms with Crippen LogP contribution in [-0.2, 0) is 14.8 Å². The number of nitrogens with zero attached hydrogens (tertiary/aromatic N) is 2. The lowest BCUT2D eigenvalue weighted by atomic mass is 10.1. The Bertz CT molecular complexity index is 601. The fraction of sp³-hybridized carbons (Fsp3) is 0.727. The van der Waals surface area contributed by atoms with Crippen LogP contribution in [0.2, 0.25) is 0 Å². The van der Waals surface area contributed by atoms with E-state index in [0.717, 1.165) is 43.4 Å². The molecule has 2 unspecified atom stereocenters. The fourth-order valence-electron chi connectivity index (χ4n) is 2.25. The van der Waals surface area contributed by atoms with Gasteiger partial charge in [-0.15, -0.1) is 10.2 Å². The highest BCUT2D eigenvalue weighted by molar-refractivity contribution is 7.91. The van der Waals surface area contributed by atoms with Crippen LogP contribution < -0.4 is 15.8 Å². The molecular weight excluding hydrogens is 314 g/mol. The molecule has 118 valence electrons. The van der Waals surface area contributed by atoms with Crippen LogP contribution in [0.5, 0.6) is 0 Å². The summed E-state index contributed by atoms with van der Waals surface area (Å²) in [6.07, 6.45) is 4.56. The molecule has 1 aromatic rings. The predicted octanol–water partition coefficient (Wildman–Crippen LogP) is 0.435. The molecule has 0 spiro atoms. The Labute approximate surface area is 127 Å². The minimum absolute atomic E-state index is 0.160. The van der Waals surface area contributed by atoms with Crippen LogP contribution >= 0.6 is 11.3 Å². The molecule has 1 aliphatic rings. The van der Waals surface area contributed by atoms with Gasteiger partial charge in [-0.2, -0.15) is 0 Å². The third-order valence-corrected chi connectivity index (χ3v) is 5.99. The molecular formula is C11H19N5O3S2. The summed E-state index contributed by atoms with van der Waals surface area (Å²) >= 11 is 0.818. The van der Waals surface area contributed by atoms with Crippen LogP contribution in [0.4, 0.5) is 5.13 Å². The summed E-state index contributed by atoms with van der Waals surface area (Å²) in [6, 6.07) is -0.476. The largest absolute Gasteiger partial charge is 0.326 e. The second-order valence-electron chi connectivity index (χ2n) is 5.08. The highest BCUT2D eigenvalue weighted by atomic mass is 32.2. The Morgan fingerprint density at radius 1 is 1.29 bits per heavy atom. The van der Waals surface area contributed by atoms with Crippen molar-refractivity contribution in [1.29, 1.82) is 0 Å². The van der Waals surface area contributed by atoms with E-state index in [-0.39, 0.29) is 27.5 Å². The van der Waals surface area contributed by atoms with Crippen molar-refractivity contribution in [2.24, 2.45) is 5.73 Å². The SMILES string of the molecule is CC(=O)Nc1nnc(S(=O)(=O)NC2CCCCCC2N)s1. The van der Waals surface area contributed by atoms with Gasteiger partial charge in [-0.1, -0.05) is 30.6 Å². The van der Waals surface area contributed by atoms with Crippen LogP contribution in [0.1, 0.15) is 39.0 Å². The van der Waals surface area contributed by atoms with Gasteiger partial charge in [0.05, 0.1) is 0 Å². The maximum Gasteiger partial charge on any atom is 0.270 e. The number of nitrogens with one attached hydrogen (secondary N) is 2. The number of rotatable bonds is 4. The first-order valence-electron chi connectivity index (χ1n) is 6.77. The molecule has 1 fully saturated rings. The quantitative estimate of drug-likeness (QED) is 0.542. The van der Waals surface area contributed by atoms with Crippen molar-refractivity contribution < 1.29 is 13.2 Å². The molecule has 1 heterocycles. The monoisotopic (exact) mass is 333 g/mol. The van der Waals surface area contributed by atoms with Crippen molar-refractivity contribution in [2.45, 2.75) is 55.5 Å². The van der Waals surface area contributed by atoms with Crippen LogP contribution in [0, 0.1) is 0 Å². The zero-order chi connectivity index (χ0) is 15.5. The molecule has 0 aliphatic heterocycles. The van der Waals surface area contributed by atoms with Gasteiger partial charge in [0.2, 0.25) is 15.4 Å². The Hall–Kier alpha value is -1.10. The van der Waals surface area contributed by atoms with Gasteiger partial charge in [0.15, 0.2) is 0 Å². The molecule has 1 saturated carbocycles. The van der Waals surface area contributed by atoms with E-state index in [1.165, 1.54) is 6.92 Å². The highest BCUT2D eigenvalue weighted by Crippen LogP contribution is 2.22. The minimum Gasteiger partial charge on any atom is -0.326 e. The highest BCUT2D eigenvalue weighted by Gasteiger charge is 2.28. The number of amides is 1. The molecule has 1 aliphatic carbocycles. The molecule has 1 amide bonds. The molecule has 2 atom stereocenters. The van der Waals surface area contributed by atoms with Gasteiger partial charge >= 0.3 is 0 Å². The zero-order valence-electron chi connectivity index (χ0n) is 11.7. The smallest absolute Gasteiger partial charge is 0.270 e. The molecule has 0 bridgehead atoms. The molecule has 1 aromatic heterocycles. The number of anilines is 1. The first kappa shape index (κ1) is 16.3. The lowest BCUT2D eigenvalue weighted by Crippen LogP contribution is -2.46. The number of aromatic nitrogens is 2. The second-order valence-corrected chi connectivity index (χ2v) is 7.95. The maximum absolute atomic E-state index is 12.3. The van der Waals surface area contributed by atoms with Crippen molar-refractivity contribution >= 4 is 32.4 Å². The van der Waals surface area contributed by atoms with Crippen LogP contribution in [-0.4, -0.2) is 36.6 Å². The van der Waals surface area contributed by atoms with E-state index in [1.54, 1.807) is 0 Å². The van der Waals surface area contributed by atoms with Gasteiger partial charge < -0.3 is 11.1 Å². The van der Waals surface area contributed by atoms with Crippen molar-refractivity contribution in [2.75, 3.05) is 5.32 Å². The summed E-state index contributed by atoms with van der Waals surface area (Å²) in [4.78, 5) is 10.9. The number of carbonyl (C=O) groups excluding carboxylic acids is 1. The molecule has 0 radical (unpaired) electrons. The van der Waals surface area contributed by atoms with Crippen molar-refractivity contribution in [1.82, 2.24) is 14.9 Å². The van der Waals surface area contributed by atoms with Crippen molar-refractivity contribution in [3.8, 4) is 0 Å². The lowest BCUT2D eigenvalue weighted by molar-refractivity contribution is -0.114. The van der Waals surface area contributed by atoms with Gasteiger partial charge in [0.1, 0.15) is 0 Å². The molecule has 10 heteroatoms. The second kappa shape index (κ2) is 6.77. The molecule has 8 nitrogen and oxygen atoms in total. The molecule has 2 rings (SSSR count). The Morgan fingerprint density at radius 3 is 2.71 bits per heavy atom. The van der Waals surface area contributed by atoms with Crippen molar-refractivity contribution in [3.05, 3.63) is 0 Å². The van der Waals surface area contributed by atoms with Crippen LogP contribution in [0.3, 0.4) is 0 Å². The molecule has 0 aromatic carbocycles. The van der Waals surface area contributed by atoms with Gasteiger partial charge in [0, 0.05) is 19.0 Å². The average Bonchev–Trinajstić information content (AvgIpc) is 2.76. The Kier molecular flexibility index (Phi) is 5.25. The summed E-state index contributed by atoms with van der Waals surface area (Å²) in [7, 11) is -3.76. The predicted molar refractivity (Wildman–Crippen MR) is 79.4 cm³/mol. The summed E-state index contributed by atoms with van der Waals surface area (Å²) in [5, 5.41) is 9.83. The van der Waals surface area contributed by atoms with Gasteiger partial charge in [-0.25, -0.2) is 13.1 Å². The summed E-state index contributed by atoms with van der Waals surface area (Å²) in [5.41, 5.74) is 6.02. The third-order valence-electron chi connectivity index (χ3n) is 3.30. The topological polar surface area (TPSA) is 127 Å². The van der Waals surface area contributed by atoms with E-state index in [2.05, 4.69) is 20.2 Å². The van der Waals surface area contributed by atoms with Crippen LogP contribution in [0.25, 0.3) is 0 Å². The number of hydrogen-bond acceptors (Lipinski definition) is 7. The Balaban J connectivity index is 2.10. The summed E-state index contributed by atoms with van der Waals surface area (Å²) in [5.74, 6) is -0.325. The summed E-state index contributed by atoms with van der Waals surface area (Å²) in [6.45, 7) is 1.32. The van der Waals surface area contributed by atoms with E-state index in [0.29, 0.717) is 0 Å². The lowest BCUT2D eigenvalue weighted by Gasteiger charge is -2.21. The standard InChI is InChI=1S/C11H19N5O3S2/c1-7(17)13-10-14-15-11(20-10)21(18,19)16-9-6-4-2-3-5-8(9)12/h8-9,16H,2-6,12H2,1H3,(H,13,14,17). The third kappa shape index (κ3) is 4.43. The number of carbonyl (C=O) groups is 1. The molecule has 4 N–H and O–H groups in total. The number of hydrogen-bond donors (Lipinski definition) is 3. The molecule has 21 heavy (non-hydrogen) atoms. The maximum atomic E-state index is 12.3. The van der Waals surface area contributed by atoms with Gasteiger partial charge in [0.25, 0.3) is 10.0 Å². The van der Waals surface area contributed by atoms with E-state index in [9.17, 15) is 13.2 Å². The van der Waals surface area contributed by atoms with E-state index in [1.807, 2.05) is 0 Å². The van der Waals surface area contributed by atoms with E-state index >= 15 is 0 Å². The normalized spacial score (nSPS) is 23.5. The first-order chi connectivity index (χ1) is 9.88.